The molecule has 5 heterocycles. The van der Waals surface area contributed by atoms with Crippen molar-refractivity contribution in [3.63, 3.8) is 0 Å². The Morgan fingerprint density at radius 1 is 1.17 bits per heavy atom. The molecule has 1 unspecified atom stereocenters. The van der Waals surface area contributed by atoms with Crippen molar-refractivity contribution in [3.05, 3.63) is 40.2 Å². The number of hydrogen-bond donors (Lipinski definition) is 1. The number of rotatable bonds is 4. The highest BCUT2D eigenvalue weighted by Gasteiger charge is 2.27. The van der Waals surface area contributed by atoms with Gasteiger partial charge in [0.25, 0.3) is 5.91 Å². The van der Waals surface area contributed by atoms with Crippen LogP contribution in [0.1, 0.15) is 53.7 Å². The first-order chi connectivity index (χ1) is 14.3. The van der Waals surface area contributed by atoms with Crippen LogP contribution in [0.25, 0.3) is 9.88 Å². The number of carbonyl (C=O) groups is 1. The second-order valence-corrected chi connectivity index (χ2v) is 9.33. The molecule has 1 saturated heterocycles. The van der Waals surface area contributed by atoms with Gasteiger partial charge in [0.05, 0.1) is 4.88 Å². The Labute approximate surface area is 177 Å². The summed E-state index contributed by atoms with van der Waals surface area (Å²) in [5.74, 6) is 2.48. The van der Waals surface area contributed by atoms with Gasteiger partial charge >= 0.3 is 0 Å². The molecule has 3 aromatic heterocycles. The van der Waals surface area contributed by atoms with Crippen LogP contribution in [0.3, 0.4) is 0 Å². The molecule has 0 aromatic carbocycles. The highest BCUT2D eigenvalue weighted by molar-refractivity contribution is 7.20. The van der Waals surface area contributed by atoms with Crippen molar-refractivity contribution in [2.75, 3.05) is 13.2 Å². The standard InChI is InChI=1S/C20H23N5O2S2/c26-19(15-12-29-20(22-15)16-2-1-11-28-16)21-14-3-4-17-23-24-18(25(17)8-5-14)13-6-9-27-10-7-13/h1-2,11-14H,3-10H2,(H,21,26). The molecule has 0 radical (unpaired) electrons. The van der Waals surface area contributed by atoms with E-state index >= 15 is 0 Å². The number of nitrogens with zero attached hydrogens (tertiary/aromatic N) is 4. The first-order valence-corrected chi connectivity index (χ1v) is 11.8. The van der Waals surface area contributed by atoms with Crippen molar-refractivity contribution in [2.45, 2.75) is 50.6 Å². The summed E-state index contributed by atoms with van der Waals surface area (Å²) in [6, 6.07) is 4.15. The predicted octanol–water partition coefficient (Wildman–Crippen LogP) is 3.49. The van der Waals surface area contributed by atoms with Gasteiger partial charge in [-0.2, -0.15) is 0 Å². The van der Waals surface area contributed by atoms with Crippen LogP contribution in [0, 0.1) is 0 Å². The van der Waals surface area contributed by atoms with Crippen molar-refractivity contribution < 1.29 is 9.53 Å². The highest BCUT2D eigenvalue weighted by atomic mass is 32.1. The Morgan fingerprint density at radius 3 is 2.90 bits per heavy atom. The van der Waals surface area contributed by atoms with Crippen LogP contribution >= 0.6 is 22.7 Å². The Bertz CT molecular complexity index is 975. The number of carbonyl (C=O) groups excluding carboxylic acids is 1. The molecule has 7 nitrogen and oxygen atoms in total. The average molecular weight is 430 g/mol. The number of thiophene rings is 1. The van der Waals surface area contributed by atoms with E-state index in [1.54, 1.807) is 11.3 Å². The van der Waals surface area contributed by atoms with Crippen LogP contribution in [0.5, 0.6) is 0 Å². The van der Waals surface area contributed by atoms with Crippen molar-refractivity contribution in [1.82, 2.24) is 25.1 Å². The summed E-state index contributed by atoms with van der Waals surface area (Å²) in [5, 5.41) is 16.9. The molecular weight excluding hydrogens is 406 g/mol. The Hall–Kier alpha value is -2.10. The van der Waals surface area contributed by atoms with Crippen molar-refractivity contribution in [3.8, 4) is 9.88 Å². The summed E-state index contributed by atoms with van der Waals surface area (Å²) in [7, 11) is 0. The van der Waals surface area contributed by atoms with Crippen molar-refractivity contribution in [1.29, 1.82) is 0 Å². The van der Waals surface area contributed by atoms with Crippen molar-refractivity contribution in [2.24, 2.45) is 0 Å². The summed E-state index contributed by atoms with van der Waals surface area (Å²) < 4.78 is 7.76. The Kier molecular flexibility index (Phi) is 5.43. The summed E-state index contributed by atoms with van der Waals surface area (Å²) in [6.07, 6.45) is 4.61. The SMILES string of the molecule is O=C(NC1CCc2nnc(C3CCOCC3)n2CC1)c1csc(-c2cccs2)n1. The number of amides is 1. The maximum Gasteiger partial charge on any atom is 0.270 e. The van der Waals surface area contributed by atoms with Gasteiger partial charge in [-0.15, -0.1) is 32.9 Å². The summed E-state index contributed by atoms with van der Waals surface area (Å²) in [4.78, 5) is 18.3. The lowest BCUT2D eigenvalue weighted by atomic mass is 9.99. The van der Waals surface area contributed by atoms with Crippen LogP contribution in [-0.2, 0) is 17.7 Å². The smallest absolute Gasteiger partial charge is 0.270 e. The van der Waals surface area contributed by atoms with Crippen LogP contribution in [0.15, 0.2) is 22.9 Å². The molecule has 152 valence electrons. The van der Waals surface area contributed by atoms with Gasteiger partial charge in [-0.05, 0) is 37.1 Å². The maximum absolute atomic E-state index is 12.7. The molecule has 0 bridgehead atoms. The molecule has 0 spiro atoms. The summed E-state index contributed by atoms with van der Waals surface area (Å²) >= 11 is 3.16. The van der Waals surface area contributed by atoms with Crippen molar-refractivity contribution >= 4 is 28.6 Å². The number of aromatic nitrogens is 4. The number of ether oxygens (including phenoxy) is 1. The molecule has 2 aliphatic heterocycles. The number of nitrogens with one attached hydrogen (secondary N) is 1. The normalized spacial score (nSPS) is 20.2. The highest BCUT2D eigenvalue weighted by Crippen LogP contribution is 2.29. The van der Waals surface area contributed by atoms with E-state index in [-0.39, 0.29) is 11.9 Å². The molecule has 5 rings (SSSR count). The summed E-state index contributed by atoms with van der Waals surface area (Å²) in [6.45, 7) is 2.44. The fourth-order valence-corrected chi connectivity index (χ4v) is 5.68. The lowest BCUT2D eigenvalue weighted by Crippen LogP contribution is -2.35. The van der Waals surface area contributed by atoms with Gasteiger partial charge in [0, 0.05) is 43.5 Å². The topological polar surface area (TPSA) is 81.9 Å². The molecule has 3 aromatic rings. The summed E-state index contributed by atoms with van der Waals surface area (Å²) in [5.41, 5.74) is 0.505. The number of fused-ring (bicyclic) bond motifs is 1. The van der Waals surface area contributed by atoms with E-state index < -0.39 is 0 Å². The Balaban J connectivity index is 1.23. The monoisotopic (exact) mass is 429 g/mol. The third-order valence-electron chi connectivity index (χ3n) is 5.66. The van der Waals surface area contributed by atoms with Gasteiger partial charge in [-0.3, -0.25) is 4.79 Å². The van der Waals surface area contributed by atoms with E-state index in [1.165, 1.54) is 11.3 Å². The van der Waals surface area contributed by atoms with E-state index in [0.29, 0.717) is 11.6 Å². The largest absolute Gasteiger partial charge is 0.381 e. The minimum Gasteiger partial charge on any atom is -0.381 e. The molecule has 1 N–H and O–H groups in total. The lowest BCUT2D eigenvalue weighted by Gasteiger charge is -2.22. The molecule has 1 amide bonds. The number of hydrogen-bond acceptors (Lipinski definition) is 7. The minimum atomic E-state index is -0.0867. The third kappa shape index (κ3) is 3.99. The molecule has 0 aliphatic carbocycles. The molecule has 0 saturated carbocycles. The van der Waals surface area contributed by atoms with Crippen LogP contribution in [-0.4, -0.2) is 44.9 Å². The van der Waals surface area contributed by atoms with Gasteiger partial charge in [-0.1, -0.05) is 6.07 Å². The zero-order valence-corrected chi connectivity index (χ0v) is 17.7. The lowest BCUT2D eigenvalue weighted by molar-refractivity contribution is 0.0826. The minimum absolute atomic E-state index is 0.0867. The first kappa shape index (κ1) is 18.9. The first-order valence-electron chi connectivity index (χ1n) is 10.1. The van der Waals surface area contributed by atoms with E-state index in [2.05, 4.69) is 25.1 Å². The predicted molar refractivity (Wildman–Crippen MR) is 112 cm³/mol. The quantitative estimate of drug-likeness (QED) is 0.687. The zero-order chi connectivity index (χ0) is 19.6. The van der Waals surface area contributed by atoms with Crippen LogP contribution < -0.4 is 5.32 Å². The van der Waals surface area contributed by atoms with Crippen LogP contribution in [0.4, 0.5) is 0 Å². The van der Waals surface area contributed by atoms with Gasteiger partial charge in [0.2, 0.25) is 0 Å². The fraction of sp³-hybridized carbons (Fsp3) is 0.500. The zero-order valence-electron chi connectivity index (χ0n) is 16.0. The van der Waals surface area contributed by atoms with Gasteiger partial charge in [0.1, 0.15) is 22.4 Å². The van der Waals surface area contributed by atoms with E-state index in [4.69, 9.17) is 4.74 Å². The van der Waals surface area contributed by atoms with Gasteiger partial charge in [-0.25, -0.2) is 4.98 Å². The van der Waals surface area contributed by atoms with E-state index in [9.17, 15) is 4.79 Å². The second-order valence-electron chi connectivity index (χ2n) is 7.53. The van der Waals surface area contributed by atoms with Crippen LogP contribution in [0.2, 0.25) is 0 Å². The Morgan fingerprint density at radius 2 is 2.07 bits per heavy atom. The number of aryl methyl sites for hydroxylation is 1. The molecule has 1 fully saturated rings. The third-order valence-corrected chi connectivity index (χ3v) is 7.55. The fourth-order valence-electron chi connectivity index (χ4n) is 4.06. The average Bonchev–Trinajstić information content (AvgIpc) is 3.49. The molecule has 2 aliphatic rings. The van der Waals surface area contributed by atoms with E-state index in [1.807, 2.05) is 22.9 Å². The van der Waals surface area contributed by atoms with Gasteiger partial charge in [0.15, 0.2) is 0 Å². The molecule has 9 heteroatoms. The van der Waals surface area contributed by atoms with Gasteiger partial charge < -0.3 is 14.6 Å². The second kappa shape index (κ2) is 8.33. The molecule has 29 heavy (non-hydrogen) atoms. The number of thiazole rings is 1. The van der Waals surface area contributed by atoms with E-state index in [0.717, 1.165) is 73.4 Å². The molecular formula is C20H23N5O2S2. The molecule has 1 atom stereocenters. The maximum atomic E-state index is 12.7.